The largest absolute Gasteiger partial charge is 0.454 e. The molecule has 98 valence electrons. The fraction of sp³-hybridized carbons (Fsp3) is 0.0769. The Labute approximate surface area is 114 Å². The van der Waals surface area contributed by atoms with E-state index in [4.69, 9.17) is 22.1 Å². The Morgan fingerprint density at radius 2 is 2.11 bits per heavy atom. The number of halogens is 1. The number of benzene rings is 1. The quantitative estimate of drug-likeness (QED) is 0.510. The van der Waals surface area contributed by atoms with Gasteiger partial charge in [0.25, 0.3) is 0 Å². The number of nitrogens with one attached hydrogen (secondary N) is 1. The average Bonchev–Trinajstić information content (AvgIpc) is 2.92. The van der Waals surface area contributed by atoms with Crippen LogP contribution >= 0.6 is 11.6 Å². The van der Waals surface area contributed by atoms with Gasteiger partial charge in [-0.25, -0.2) is 4.79 Å². The molecule has 0 aliphatic rings. The Kier molecular flexibility index (Phi) is 3.87. The SMILES string of the molecule is Nc1ccc(Cl)c(C(=O)OCC(=O)c2ccc[nH]2)c1. The molecule has 0 aliphatic heterocycles. The maximum Gasteiger partial charge on any atom is 0.340 e. The normalized spacial score (nSPS) is 10.2. The third kappa shape index (κ3) is 3.14. The minimum atomic E-state index is -0.683. The molecule has 0 atom stereocenters. The number of ketones is 1. The molecule has 5 nitrogen and oxygen atoms in total. The first-order chi connectivity index (χ1) is 9.08. The Bertz CT molecular complexity index is 608. The van der Waals surface area contributed by atoms with Crippen molar-refractivity contribution in [2.45, 2.75) is 0 Å². The summed E-state index contributed by atoms with van der Waals surface area (Å²) in [7, 11) is 0. The van der Waals surface area contributed by atoms with Crippen molar-refractivity contribution in [1.82, 2.24) is 4.98 Å². The highest BCUT2D eigenvalue weighted by atomic mass is 35.5. The van der Waals surface area contributed by atoms with Crippen molar-refractivity contribution in [3.05, 3.63) is 52.8 Å². The lowest BCUT2D eigenvalue weighted by Gasteiger charge is -2.06. The van der Waals surface area contributed by atoms with Crippen LogP contribution in [0, 0.1) is 0 Å². The number of carbonyl (C=O) groups excluding carboxylic acids is 2. The molecule has 1 heterocycles. The highest BCUT2D eigenvalue weighted by Gasteiger charge is 2.15. The van der Waals surface area contributed by atoms with Gasteiger partial charge in [-0.1, -0.05) is 11.6 Å². The van der Waals surface area contributed by atoms with E-state index in [-0.39, 0.29) is 23.0 Å². The number of nitrogen functional groups attached to an aromatic ring is 1. The number of rotatable bonds is 4. The summed E-state index contributed by atoms with van der Waals surface area (Å²) in [5.41, 5.74) is 6.48. The monoisotopic (exact) mass is 278 g/mol. The second-order valence-electron chi connectivity index (χ2n) is 3.82. The molecule has 6 heteroatoms. The van der Waals surface area contributed by atoms with Crippen LogP contribution in [0.5, 0.6) is 0 Å². The van der Waals surface area contributed by atoms with Crippen molar-refractivity contribution in [1.29, 1.82) is 0 Å². The standard InChI is InChI=1S/C13H11ClN2O3/c14-10-4-3-8(15)6-9(10)13(18)19-7-12(17)11-2-1-5-16-11/h1-6,16H,7,15H2. The van der Waals surface area contributed by atoms with Crippen molar-refractivity contribution in [2.75, 3.05) is 12.3 Å². The number of Topliss-reactive ketones (excluding diaryl/α,β-unsaturated/α-hetero) is 1. The van der Waals surface area contributed by atoms with Gasteiger partial charge in [-0.3, -0.25) is 4.79 Å². The zero-order valence-corrected chi connectivity index (χ0v) is 10.6. The van der Waals surface area contributed by atoms with E-state index in [0.717, 1.165) is 0 Å². The van der Waals surface area contributed by atoms with Crippen LogP contribution in [0.3, 0.4) is 0 Å². The van der Waals surface area contributed by atoms with Crippen LogP contribution in [0.15, 0.2) is 36.5 Å². The van der Waals surface area contributed by atoms with Gasteiger partial charge in [0.2, 0.25) is 5.78 Å². The number of nitrogens with two attached hydrogens (primary N) is 1. The fourth-order valence-corrected chi connectivity index (χ4v) is 1.68. The third-order valence-corrected chi connectivity index (χ3v) is 2.77. The first-order valence-electron chi connectivity index (χ1n) is 5.46. The lowest BCUT2D eigenvalue weighted by Crippen LogP contribution is -2.15. The summed E-state index contributed by atoms with van der Waals surface area (Å²) in [6, 6.07) is 7.76. The second-order valence-corrected chi connectivity index (χ2v) is 4.23. The van der Waals surface area contributed by atoms with Crippen LogP contribution in [0.4, 0.5) is 5.69 Å². The number of aromatic nitrogens is 1. The van der Waals surface area contributed by atoms with Gasteiger partial charge in [0.15, 0.2) is 6.61 Å². The molecule has 19 heavy (non-hydrogen) atoms. The number of anilines is 1. The molecule has 0 bridgehead atoms. The summed E-state index contributed by atoms with van der Waals surface area (Å²) in [5, 5.41) is 0.228. The van der Waals surface area contributed by atoms with E-state index in [0.29, 0.717) is 11.4 Å². The number of aromatic amines is 1. The molecular weight excluding hydrogens is 268 g/mol. The smallest absolute Gasteiger partial charge is 0.340 e. The number of H-pyrrole nitrogens is 1. The summed E-state index contributed by atoms with van der Waals surface area (Å²) in [6.07, 6.45) is 1.61. The van der Waals surface area contributed by atoms with Gasteiger partial charge < -0.3 is 15.5 Å². The van der Waals surface area contributed by atoms with Gasteiger partial charge in [0.1, 0.15) is 0 Å². The molecule has 0 amide bonds. The third-order valence-electron chi connectivity index (χ3n) is 2.44. The Morgan fingerprint density at radius 1 is 1.32 bits per heavy atom. The van der Waals surface area contributed by atoms with Gasteiger partial charge in [-0.05, 0) is 30.3 Å². The highest BCUT2D eigenvalue weighted by Crippen LogP contribution is 2.19. The zero-order valence-electron chi connectivity index (χ0n) is 9.85. The summed E-state index contributed by atoms with van der Waals surface area (Å²) in [6.45, 7) is -0.357. The van der Waals surface area contributed by atoms with Gasteiger partial charge in [-0.15, -0.1) is 0 Å². The Balaban J connectivity index is 2.02. The van der Waals surface area contributed by atoms with E-state index < -0.39 is 5.97 Å². The predicted molar refractivity (Wildman–Crippen MR) is 71.3 cm³/mol. The van der Waals surface area contributed by atoms with Gasteiger partial charge in [0.05, 0.1) is 16.3 Å². The lowest BCUT2D eigenvalue weighted by atomic mass is 10.2. The van der Waals surface area contributed by atoms with Gasteiger partial charge in [-0.2, -0.15) is 0 Å². The van der Waals surface area contributed by atoms with E-state index in [1.165, 1.54) is 12.1 Å². The van der Waals surface area contributed by atoms with E-state index in [2.05, 4.69) is 4.98 Å². The van der Waals surface area contributed by atoms with Crippen LogP contribution in [0.1, 0.15) is 20.8 Å². The minimum absolute atomic E-state index is 0.140. The lowest BCUT2D eigenvalue weighted by molar-refractivity contribution is 0.0474. The average molecular weight is 279 g/mol. The van der Waals surface area contributed by atoms with Gasteiger partial charge in [0, 0.05) is 11.9 Å². The predicted octanol–water partition coefficient (Wildman–Crippen LogP) is 2.29. The molecule has 2 aromatic rings. The van der Waals surface area contributed by atoms with E-state index in [9.17, 15) is 9.59 Å². The highest BCUT2D eigenvalue weighted by molar-refractivity contribution is 6.33. The summed E-state index contributed by atoms with van der Waals surface area (Å²) in [4.78, 5) is 26.1. The van der Waals surface area contributed by atoms with Crippen molar-refractivity contribution in [2.24, 2.45) is 0 Å². The van der Waals surface area contributed by atoms with Crippen molar-refractivity contribution < 1.29 is 14.3 Å². The number of hydrogen-bond donors (Lipinski definition) is 2. The molecule has 2 rings (SSSR count). The maximum atomic E-state index is 11.8. The van der Waals surface area contributed by atoms with Crippen molar-refractivity contribution >= 4 is 29.0 Å². The Hall–Kier alpha value is -2.27. The molecule has 0 saturated carbocycles. The van der Waals surface area contributed by atoms with Crippen molar-refractivity contribution in [3.8, 4) is 0 Å². The maximum absolute atomic E-state index is 11.8. The van der Waals surface area contributed by atoms with E-state index >= 15 is 0 Å². The first kappa shape index (κ1) is 13.2. The number of ether oxygens (including phenoxy) is 1. The molecule has 1 aromatic carbocycles. The molecule has 0 radical (unpaired) electrons. The molecule has 0 unspecified atom stereocenters. The second kappa shape index (κ2) is 5.58. The number of carbonyl (C=O) groups is 2. The van der Waals surface area contributed by atoms with Crippen LogP contribution in [0.2, 0.25) is 5.02 Å². The molecule has 0 aliphatic carbocycles. The number of esters is 1. The Morgan fingerprint density at radius 3 is 2.79 bits per heavy atom. The van der Waals surface area contributed by atoms with Crippen LogP contribution in [-0.4, -0.2) is 23.3 Å². The molecule has 1 aromatic heterocycles. The zero-order chi connectivity index (χ0) is 13.8. The van der Waals surface area contributed by atoms with Crippen LogP contribution in [0.25, 0.3) is 0 Å². The van der Waals surface area contributed by atoms with Crippen LogP contribution in [-0.2, 0) is 4.74 Å². The minimum Gasteiger partial charge on any atom is -0.454 e. The summed E-state index contributed by atoms with van der Waals surface area (Å²) < 4.78 is 4.90. The summed E-state index contributed by atoms with van der Waals surface area (Å²) >= 11 is 5.86. The molecule has 0 fully saturated rings. The van der Waals surface area contributed by atoms with Crippen LogP contribution < -0.4 is 5.73 Å². The topological polar surface area (TPSA) is 85.2 Å². The summed E-state index contributed by atoms with van der Waals surface area (Å²) in [5.74, 6) is -1.00. The van der Waals surface area contributed by atoms with Gasteiger partial charge >= 0.3 is 5.97 Å². The molecule has 0 spiro atoms. The molecule has 0 saturated heterocycles. The molecule has 3 N–H and O–H groups in total. The van der Waals surface area contributed by atoms with E-state index in [1.54, 1.807) is 24.4 Å². The van der Waals surface area contributed by atoms with E-state index in [1.807, 2.05) is 0 Å². The number of hydrogen-bond acceptors (Lipinski definition) is 4. The molecular formula is C13H11ClN2O3. The first-order valence-corrected chi connectivity index (χ1v) is 5.84. The van der Waals surface area contributed by atoms with Crippen molar-refractivity contribution in [3.63, 3.8) is 0 Å². The fourth-order valence-electron chi connectivity index (χ4n) is 1.49.